The number of aromatic nitrogens is 4. The average Bonchev–Trinajstić information content (AvgIpc) is 4.05. The number of rotatable bonds is 4. The van der Waals surface area contributed by atoms with Crippen molar-refractivity contribution in [2.45, 2.75) is 0 Å². The Kier molecular flexibility index (Phi) is 6.32. The fourth-order valence-electron chi connectivity index (χ4n) is 8.86. The second kappa shape index (κ2) is 11.7. The summed E-state index contributed by atoms with van der Waals surface area (Å²) >= 11 is 0. The third kappa shape index (κ3) is 4.41. The van der Waals surface area contributed by atoms with Gasteiger partial charge in [-0.25, -0.2) is 15.0 Å². The molecule has 270 valence electrons. The van der Waals surface area contributed by atoms with Gasteiger partial charge in [-0.2, -0.15) is 0 Å². The molecule has 7 nitrogen and oxygen atoms in total. The van der Waals surface area contributed by atoms with Gasteiger partial charge >= 0.3 is 0 Å². The average molecular weight is 745 g/mol. The number of benzene rings is 8. The van der Waals surface area contributed by atoms with Gasteiger partial charge in [-0.15, -0.1) is 0 Å². The van der Waals surface area contributed by atoms with Crippen molar-refractivity contribution in [1.82, 2.24) is 19.5 Å². The summed E-state index contributed by atoms with van der Waals surface area (Å²) in [6.07, 6.45) is 0. The highest BCUT2D eigenvalue weighted by Gasteiger charge is 2.22. The van der Waals surface area contributed by atoms with Crippen molar-refractivity contribution in [2.75, 3.05) is 0 Å². The normalized spacial score (nSPS) is 12.1. The van der Waals surface area contributed by atoms with E-state index in [4.69, 9.17) is 28.2 Å². The topological polar surface area (TPSA) is 83.0 Å². The van der Waals surface area contributed by atoms with E-state index in [9.17, 15) is 0 Å². The molecule has 0 unspecified atom stereocenters. The first kappa shape index (κ1) is 31.2. The fraction of sp³-hybridized carbons (Fsp3) is 0. The van der Waals surface area contributed by atoms with Gasteiger partial charge in [0, 0.05) is 54.3 Å². The minimum absolute atomic E-state index is 0.511. The number of nitrogens with zero attached hydrogens (tertiary/aromatic N) is 4. The lowest BCUT2D eigenvalue weighted by Gasteiger charge is -2.09. The summed E-state index contributed by atoms with van der Waals surface area (Å²) in [4.78, 5) is 15.3. The molecule has 0 aliphatic heterocycles. The minimum Gasteiger partial charge on any atom is -0.455 e. The van der Waals surface area contributed by atoms with Crippen LogP contribution in [0.1, 0.15) is 0 Å². The standard InChI is InChI=1S/C51H28N4O3/c1-2-12-29(13-3-1)49-52-50(38-19-10-17-35-32-15-5-8-22-42(32)56-46(35)38)54-51(53-49)39-20-11-18-36-40-28-30(24-27-44(40)57-47(36)39)55-41-21-7-4-14-31(41)34-25-26-37-33-16-6-9-23-43(33)58-48(37)45(34)55/h1-28H. The van der Waals surface area contributed by atoms with Crippen LogP contribution in [0.5, 0.6) is 0 Å². The molecule has 0 bridgehead atoms. The van der Waals surface area contributed by atoms with Gasteiger partial charge < -0.3 is 17.8 Å². The molecule has 0 fully saturated rings. The summed E-state index contributed by atoms with van der Waals surface area (Å²) in [7, 11) is 0. The molecular formula is C51H28N4O3. The van der Waals surface area contributed by atoms with Crippen molar-refractivity contribution < 1.29 is 13.3 Å². The van der Waals surface area contributed by atoms with E-state index in [0.29, 0.717) is 23.1 Å². The van der Waals surface area contributed by atoms with Gasteiger partial charge in [0.15, 0.2) is 23.1 Å². The third-order valence-electron chi connectivity index (χ3n) is 11.5. The molecule has 0 spiro atoms. The molecule has 0 amide bonds. The first-order valence-electron chi connectivity index (χ1n) is 19.3. The van der Waals surface area contributed by atoms with Crippen LogP contribution >= 0.6 is 0 Å². The van der Waals surface area contributed by atoms with E-state index in [1.165, 1.54) is 0 Å². The van der Waals surface area contributed by atoms with Crippen molar-refractivity contribution in [3.8, 4) is 39.9 Å². The Morgan fingerprint density at radius 3 is 1.57 bits per heavy atom. The summed E-state index contributed by atoms with van der Waals surface area (Å²) in [6.45, 7) is 0. The van der Waals surface area contributed by atoms with Gasteiger partial charge in [0.1, 0.15) is 27.9 Å². The van der Waals surface area contributed by atoms with E-state index >= 15 is 0 Å². The molecular weight excluding hydrogens is 717 g/mol. The first-order valence-corrected chi connectivity index (χ1v) is 19.3. The Morgan fingerprint density at radius 1 is 0.345 bits per heavy atom. The molecule has 0 saturated heterocycles. The van der Waals surface area contributed by atoms with Crippen LogP contribution in [0.15, 0.2) is 183 Å². The number of furan rings is 3. The van der Waals surface area contributed by atoms with Gasteiger partial charge in [0.2, 0.25) is 0 Å². The number of para-hydroxylation sites is 5. The molecule has 7 heteroatoms. The second-order valence-corrected chi connectivity index (χ2v) is 14.7. The van der Waals surface area contributed by atoms with Gasteiger partial charge in [0.05, 0.1) is 22.2 Å². The van der Waals surface area contributed by atoms with Crippen LogP contribution in [-0.2, 0) is 0 Å². The molecule has 13 rings (SSSR count). The molecule has 0 atom stereocenters. The molecule has 0 aliphatic carbocycles. The maximum absolute atomic E-state index is 6.75. The Labute approximate surface area is 329 Å². The van der Waals surface area contributed by atoms with Gasteiger partial charge in [-0.1, -0.05) is 115 Å². The van der Waals surface area contributed by atoms with Gasteiger partial charge in [0.25, 0.3) is 0 Å². The van der Waals surface area contributed by atoms with Crippen LogP contribution in [0.2, 0.25) is 0 Å². The van der Waals surface area contributed by atoms with Gasteiger partial charge in [-0.3, -0.25) is 0 Å². The van der Waals surface area contributed by atoms with Crippen molar-refractivity contribution in [3.05, 3.63) is 170 Å². The van der Waals surface area contributed by atoms with Crippen molar-refractivity contribution in [1.29, 1.82) is 0 Å². The molecule has 58 heavy (non-hydrogen) atoms. The number of hydrogen-bond donors (Lipinski definition) is 0. The third-order valence-corrected chi connectivity index (χ3v) is 11.5. The summed E-state index contributed by atoms with van der Waals surface area (Å²) in [5.41, 5.74) is 10.4. The highest BCUT2D eigenvalue weighted by Crippen LogP contribution is 2.43. The van der Waals surface area contributed by atoms with Crippen LogP contribution in [-0.4, -0.2) is 19.5 Å². The first-order chi connectivity index (χ1) is 28.7. The van der Waals surface area contributed by atoms with Crippen LogP contribution in [0, 0.1) is 0 Å². The summed E-state index contributed by atoms with van der Waals surface area (Å²) < 4.78 is 22.1. The quantitative estimate of drug-likeness (QED) is 0.178. The number of hydrogen-bond acceptors (Lipinski definition) is 6. The zero-order chi connectivity index (χ0) is 37.9. The molecule has 0 N–H and O–H groups in total. The van der Waals surface area contributed by atoms with Crippen LogP contribution in [0.4, 0.5) is 0 Å². The zero-order valence-electron chi connectivity index (χ0n) is 30.7. The monoisotopic (exact) mass is 744 g/mol. The van der Waals surface area contributed by atoms with Crippen LogP contribution in [0.25, 0.3) is 127 Å². The highest BCUT2D eigenvalue weighted by atomic mass is 16.3. The molecule has 5 aromatic heterocycles. The molecule has 0 radical (unpaired) electrons. The molecule has 13 aromatic rings. The smallest absolute Gasteiger partial charge is 0.167 e. The van der Waals surface area contributed by atoms with E-state index in [1.807, 2.05) is 84.9 Å². The van der Waals surface area contributed by atoms with E-state index in [2.05, 4.69) is 89.5 Å². The second-order valence-electron chi connectivity index (χ2n) is 14.7. The number of fused-ring (bicyclic) bond motifs is 13. The maximum Gasteiger partial charge on any atom is 0.167 e. The largest absolute Gasteiger partial charge is 0.455 e. The zero-order valence-corrected chi connectivity index (χ0v) is 30.7. The lowest BCUT2D eigenvalue weighted by Crippen LogP contribution is -2.00. The van der Waals surface area contributed by atoms with E-state index in [-0.39, 0.29) is 0 Å². The summed E-state index contributed by atoms with van der Waals surface area (Å²) in [5, 5.41) is 8.51. The molecule has 5 heterocycles. The van der Waals surface area contributed by atoms with Crippen molar-refractivity contribution in [3.63, 3.8) is 0 Å². The Balaban J connectivity index is 1.03. The van der Waals surface area contributed by atoms with Crippen LogP contribution in [0.3, 0.4) is 0 Å². The maximum atomic E-state index is 6.75. The Morgan fingerprint density at radius 2 is 0.862 bits per heavy atom. The predicted molar refractivity (Wildman–Crippen MR) is 232 cm³/mol. The van der Waals surface area contributed by atoms with Crippen molar-refractivity contribution in [2.24, 2.45) is 0 Å². The predicted octanol–water partition coefficient (Wildman–Crippen LogP) is 13.7. The van der Waals surface area contributed by atoms with E-state index in [0.717, 1.165) is 104 Å². The molecule has 0 saturated carbocycles. The van der Waals surface area contributed by atoms with E-state index in [1.54, 1.807) is 0 Å². The summed E-state index contributed by atoms with van der Waals surface area (Å²) in [6, 6.07) is 57.9. The fourth-order valence-corrected chi connectivity index (χ4v) is 8.86. The van der Waals surface area contributed by atoms with Gasteiger partial charge in [-0.05, 0) is 54.6 Å². The highest BCUT2D eigenvalue weighted by molar-refractivity contribution is 6.22. The van der Waals surface area contributed by atoms with E-state index < -0.39 is 0 Å². The lowest BCUT2D eigenvalue weighted by atomic mass is 10.1. The molecule has 8 aromatic carbocycles. The van der Waals surface area contributed by atoms with Crippen molar-refractivity contribution >= 4 is 87.6 Å². The SMILES string of the molecule is c1ccc(-c2nc(-c3cccc4c3oc3ccccc34)nc(-c3cccc4c3oc3ccc(-n5c6ccccc6c6ccc7c8ccccc8oc7c65)cc34)n2)cc1. The molecule has 0 aliphatic rings. The Hall–Kier alpha value is -8.03. The summed E-state index contributed by atoms with van der Waals surface area (Å²) in [5.74, 6) is 1.59. The minimum atomic E-state index is 0.511. The lowest BCUT2D eigenvalue weighted by molar-refractivity contribution is 0.669. The van der Waals surface area contributed by atoms with Crippen LogP contribution < -0.4 is 0 Å². The Bertz CT molecular complexity index is 3810.